The number of rotatable bonds is 4. The number of likely N-dealkylation sites (N-methyl/N-ethyl adjacent to an activating group) is 1. The van der Waals surface area contributed by atoms with Crippen molar-refractivity contribution in [2.75, 3.05) is 39.5 Å². The molecule has 1 fully saturated rings. The Balaban J connectivity index is 1.81. The smallest absolute Gasteiger partial charge is 0.270 e. The summed E-state index contributed by atoms with van der Waals surface area (Å²) in [5, 5.41) is 9.83. The van der Waals surface area contributed by atoms with Gasteiger partial charge in [0.15, 0.2) is 5.16 Å². The Morgan fingerprint density at radius 3 is 2.69 bits per heavy atom. The zero-order valence-electron chi connectivity index (χ0n) is 15.2. The molecule has 0 aliphatic carbocycles. The summed E-state index contributed by atoms with van der Waals surface area (Å²) in [5.41, 5.74) is 2.14. The molecule has 136 valence electrons. The Hall–Kier alpha value is -2.14. The summed E-state index contributed by atoms with van der Waals surface area (Å²) in [6.45, 7) is 5.34. The second-order valence-corrected chi connectivity index (χ2v) is 7.34. The first-order valence-corrected chi connectivity index (χ1v) is 9.92. The van der Waals surface area contributed by atoms with Crippen molar-refractivity contribution in [3.8, 4) is 17.3 Å². The SMILES string of the molecule is CSc1nc(-c2ccc(CN3CCCN(C)CC3)cc2)c(C#N)c(=O)[nH]1. The van der Waals surface area contributed by atoms with E-state index < -0.39 is 0 Å². The maximum Gasteiger partial charge on any atom is 0.270 e. The summed E-state index contributed by atoms with van der Waals surface area (Å²) >= 11 is 1.35. The zero-order valence-corrected chi connectivity index (χ0v) is 16.0. The summed E-state index contributed by atoms with van der Waals surface area (Å²) in [7, 11) is 2.17. The molecule has 7 heteroatoms. The Bertz CT molecular complexity index is 856. The highest BCUT2D eigenvalue weighted by Crippen LogP contribution is 2.22. The van der Waals surface area contributed by atoms with E-state index in [-0.39, 0.29) is 11.1 Å². The third kappa shape index (κ3) is 4.33. The molecule has 0 amide bonds. The van der Waals surface area contributed by atoms with Gasteiger partial charge in [0.05, 0.1) is 5.69 Å². The van der Waals surface area contributed by atoms with E-state index in [0.717, 1.165) is 38.3 Å². The maximum absolute atomic E-state index is 12.1. The van der Waals surface area contributed by atoms with Gasteiger partial charge in [-0.15, -0.1) is 0 Å². The summed E-state index contributed by atoms with van der Waals surface area (Å²) in [4.78, 5) is 24.0. The predicted octanol–water partition coefficient (Wildman–Crippen LogP) is 2.17. The monoisotopic (exact) mass is 369 g/mol. The molecule has 0 spiro atoms. The second kappa shape index (κ2) is 8.49. The van der Waals surface area contributed by atoms with Gasteiger partial charge in [0, 0.05) is 25.2 Å². The van der Waals surface area contributed by atoms with E-state index in [0.29, 0.717) is 10.9 Å². The fourth-order valence-electron chi connectivity index (χ4n) is 3.15. The first-order valence-electron chi connectivity index (χ1n) is 8.69. The third-order valence-electron chi connectivity index (χ3n) is 4.65. The van der Waals surface area contributed by atoms with E-state index in [1.807, 2.05) is 24.5 Å². The van der Waals surface area contributed by atoms with Crippen LogP contribution in [0.3, 0.4) is 0 Å². The third-order valence-corrected chi connectivity index (χ3v) is 5.23. The Morgan fingerprint density at radius 2 is 2.00 bits per heavy atom. The molecule has 0 radical (unpaired) electrons. The second-order valence-electron chi connectivity index (χ2n) is 6.54. The van der Waals surface area contributed by atoms with Gasteiger partial charge < -0.3 is 9.88 Å². The molecule has 1 aromatic carbocycles. The molecule has 2 heterocycles. The van der Waals surface area contributed by atoms with E-state index in [2.05, 4.69) is 38.9 Å². The molecule has 6 nitrogen and oxygen atoms in total. The van der Waals surface area contributed by atoms with Crippen LogP contribution in [0, 0.1) is 11.3 Å². The van der Waals surface area contributed by atoms with Crippen LogP contribution in [0.15, 0.2) is 34.2 Å². The van der Waals surface area contributed by atoms with Gasteiger partial charge in [0.2, 0.25) is 0 Å². The van der Waals surface area contributed by atoms with Crippen molar-refractivity contribution in [3.63, 3.8) is 0 Å². The van der Waals surface area contributed by atoms with Crippen LogP contribution >= 0.6 is 11.8 Å². The number of nitrogens with zero attached hydrogens (tertiary/aromatic N) is 4. The average Bonchev–Trinajstić information content (AvgIpc) is 2.86. The van der Waals surface area contributed by atoms with Crippen LogP contribution in [-0.4, -0.2) is 59.3 Å². The average molecular weight is 369 g/mol. The number of thioether (sulfide) groups is 1. The molecule has 1 N–H and O–H groups in total. The highest BCUT2D eigenvalue weighted by Gasteiger charge is 2.15. The quantitative estimate of drug-likeness (QED) is 0.657. The summed E-state index contributed by atoms with van der Waals surface area (Å²) in [6, 6.07) is 10.0. The normalized spacial score (nSPS) is 16.2. The fraction of sp³-hybridized carbons (Fsp3) is 0.421. The molecule has 1 aromatic heterocycles. The van der Waals surface area contributed by atoms with E-state index in [4.69, 9.17) is 0 Å². The first kappa shape index (κ1) is 18.6. The van der Waals surface area contributed by atoms with Crippen LogP contribution in [-0.2, 0) is 6.54 Å². The van der Waals surface area contributed by atoms with Crippen molar-refractivity contribution in [2.24, 2.45) is 0 Å². The lowest BCUT2D eigenvalue weighted by molar-refractivity contribution is 0.269. The van der Waals surface area contributed by atoms with Crippen LogP contribution in [0.1, 0.15) is 17.5 Å². The van der Waals surface area contributed by atoms with Crippen molar-refractivity contribution < 1.29 is 0 Å². The van der Waals surface area contributed by atoms with Gasteiger partial charge in [-0.2, -0.15) is 5.26 Å². The van der Waals surface area contributed by atoms with Crippen LogP contribution in [0.4, 0.5) is 0 Å². The summed E-state index contributed by atoms with van der Waals surface area (Å²) in [6.07, 6.45) is 3.03. The molecular weight excluding hydrogens is 346 g/mol. The Labute approximate surface area is 157 Å². The van der Waals surface area contributed by atoms with Gasteiger partial charge >= 0.3 is 0 Å². The molecular formula is C19H23N5OS. The van der Waals surface area contributed by atoms with E-state index >= 15 is 0 Å². The lowest BCUT2D eigenvalue weighted by atomic mass is 10.1. The van der Waals surface area contributed by atoms with Gasteiger partial charge in [0.25, 0.3) is 5.56 Å². The number of benzene rings is 1. The highest BCUT2D eigenvalue weighted by atomic mass is 32.2. The minimum absolute atomic E-state index is 0.0612. The number of hydrogen-bond acceptors (Lipinski definition) is 6. The Morgan fingerprint density at radius 1 is 1.23 bits per heavy atom. The molecule has 0 unspecified atom stereocenters. The van der Waals surface area contributed by atoms with Crippen molar-refractivity contribution in [1.82, 2.24) is 19.8 Å². The number of aromatic nitrogens is 2. The lowest BCUT2D eigenvalue weighted by Crippen LogP contribution is -2.28. The van der Waals surface area contributed by atoms with Crippen LogP contribution < -0.4 is 5.56 Å². The minimum atomic E-state index is -0.389. The number of hydrogen-bond donors (Lipinski definition) is 1. The van der Waals surface area contributed by atoms with Crippen LogP contribution in [0.25, 0.3) is 11.3 Å². The van der Waals surface area contributed by atoms with Crippen molar-refractivity contribution >= 4 is 11.8 Å². The molecule has 3 rings (SSSR count). The van der Waals surface area contributed by atoms with Gasteiger partial charge in [0.1, 0.15) is 11.6 Å². The van der Waals surface area contributed by atoms with Crippen molar-refractivity contribution in [3.05, 3.63) is 45.7 Å². The zero-order chi connectivity index (χ0) is 18.5. The number of nitriles is 1. The molecule has 26 heavy (non-hydrogen) atoms. The predicted molar refractivity (Wildman–Crippen MR) is 104 cm³/mol. The molecule has 1 saturated heterocycles. The number of aromatic amines is 1. The summed E-state index contributed by atoms with van der Waals surface area (Å²) in [5.74, 6) is 0. The number of H-pyrrole nitrogens is 1. The van der Waals surface area contributed by atoms with Gasteiger partial charge in [-0.05, 0) is 38.4 Å². The van der Waals surface area contributed by atoms with Crippen molar-refractivity contribution in [2.45, 2.75) is 18.1 Å². The van der Waals surface area contributed by atoms with E-state index in [1.165, 1.54) is 23.7 Å². The molecule has 1 aliphatic heterocycles. The Kier molecular flexibility index (Phi) is 6.09. The molecule has 0 saturated carbocycles. The molecule has 2 aromatic rings. The topological polar surface area (TPSA) is 76.0 Å². The largest absolute Gasteiger partial charge is 0.305 e. The standard InChI is InChI=1S/C19H23N5OS/c1-23-8-3-9-24(11-10-23)13-14-4-6-15(7-5-14)17-16(12-20)18(25)22-19(21-17)26-2/h4-7H,3,8-11,13H2,1-2H3,(H,21,22,25). The van der Waals surface area contributed by atoms with Crippen LogP contribution in [0.5, 0.6) is 0 Å². The van der Waals surface area contributed by atoms with E-state index in [9.17, 15) is 10.1 Å². The molecule has 1 aliphatic rings. The van der Waals surface area contributed by atoms with Gasteiger partial charge in [-0.1, -0.05) is 36.0 Å². The lowest BCUT2D eigenvalue weighted by Gasteiger charge is -2.20. The molecule has 0 bridgehead atoms. The number of nitrogens with one attached hydrogen (secondary N) is 1. The maximum atomic E-state index is 12.1. The van der Waals surface area contributed by atoms with E-state index in [1.54, 1.807) is 0 Å². The highest BCUT2D eigenvalue weighted by molar-refractivity contribution is 7.98. The first-order chi connectivity index (χ1) is 12.6. The summed E-state index contributed by atoms with van der Waals surface area (Å²) < 4.78 is 0. The minimum Gasteiger partial charge on any atom is -0.305 e. The molecule has 0 atom stereocenters. The van der Waals surface area contributed by atoms with Gasteiger partial charge in [-0.3, -0.25) is 9.69 Å². The van der Waals surface area contributed by atoms with Crippen molar-refractivity contribution in [1.29, 1.82) is 5.26 Å². The van der Waals surface area contributed by atoms with Crippen LogP contribution in [0.2, 0.25) is 0 Å². The van der Waals surface area contributed by atoms with Gasteiger partial charge in [-0.25, -0.2) is 4.98 Å². The fourth-order valence-corrected chi connectivity index (χ4v) is 3.52.